The van der Waals surface area contributed by atoms with Gasteiger partial charge in [-0.3, -0.25) is 0 Å². The smallest absolute Gasteiger partial charge is 0.125 e. The highest BCUT2D eigenvalue weighted by Crippen LogP contribution is 2.22. The van der Waals surface area contributed by atoms with Gasteiger partial charge in [-0.05, 0) is 30.0 Å². The Hall–Kier alpha value is -0.273. The monoisotopic (exact) mass is 198 g/mol. The Kier molecular flexibility index (Phi) is 3.83. The predicted molar refractivity (Wildman–Crippen MR) is 58.8 cm³/mol. The van der Waals surface area contributed by atoms with Gasteiger partial charge in [-0.25, -0.2) is 0 Å². The lowest BCUT2D eigenvalue weighted by Crippen LogP contribution is -1.97. The standard InChI is InChI=1S/C10H15ClSi/c1-8-5-3-4-6-10(8)9(2)7-12-11/h3-6,9H,7,12H2,1-2H3. The zero-order chi connectivity index (χ0) is 8.97. The van der Waals surface area contributed by atoms with Crippen LogP contribution in [0.2, 0.25) is 6.04 Å². The number of aryl methyl sites for hydroxylation is 1. The minimum atomic E-state index is -0.321. The molecule has 1 unspecified atom stereocenters. The SMILES string of the molecule is Cc1ccccc1C(C)C[SiH2]Cl. The maximum Gasteiger partial charge on any atom is 0.125 e. The molecule has 0 aliphatic carbocycles. The maximum atomic E-state index is 5.84. The molecule has 1 rings (SSSR count). The summed E-state index contributed by atoms with van der Waals surface area (Å²) in [6.07, 6.45) is 0. The van der Waals surface area contributed by atoms with E-state index >= 15 is 0 Å². The molecule has 0 aromatic heterocycles. The normalized spacial score (nSPS) is 13.9. The van der Waals surface area contributed by atoms with Crippen LogP contribution in [-0.4, -0.2) is 8.83 Å². The molecule has 0 saturated carbocycles. The molecular formula is C10H15ClSi. The number of halogens is 1. The van der Waals surface area contributed by atoms with Crippen molar-refractivity contribution < 1.29 is 0 Å². The minimum Gasteiger partial charge on any atom is -0.176 e. The van der Waals surface area contributed by atoms with Crippen molar-refractivity contribution in [3.63, 3.8) is 0 Å². The summed E-state index contributed by atoms with van der Waals surface area (Å²) < 4.78 is 0. The summed E-state index contributed by atoms with van der Waals surface area (Å²) in [6, 6.07) is 9.77. The van der Waals surface area contributed by atoms with Gasteiger partial charge in [0.05, 0.1) is 0 Å². The molecule has 0 radical (unpaired) electrons. The molecule has 0 amide bonds. The Balaban J connectivity index is 2.79. The van der Waals surface area contributed by atoms with Gasteiger partial charge in [0, 0.05) is 0 Å². The molecule has 0 nitrogen and oxygen atoms in total. The van der Waals surface area contributed by atoms with Gasteiger partial charge < -0.3 is 0 Å². The van der Waals surface area contributed by atoms with Gasteiger partial charge in [0.15, 0.2) is 0 Å². The first kappa shape index (κ1) is 9.81. The van der Waals surface area contributed by atoms with Crippen molar-refractivity contribution in [2.24, 2.45) is 0 Å². The Labute approximate surface area is 81.5 Å². The van der Waals surface area contributed by atoms with Crippen LogP contribution in [0.15, 0.2) is 24.3 Å². The second kappa shape index (κ2) is 4.68. The molecule has 0 bridgehead atoms. The van der Waals surface area contributed by atoms with Crippen molar-refractivity contribution in [2.75, 3.05) is 0 Å². The summed E-state index contributed by atoms with van der Waals surface area (Å²) in [4.78, 5) is 0. The fourth-order valence-electron chi connectivity index (χ4n) is 1.46. The number of hydrogen-bond acceptors (Lipinski definition) is 0. The van der Waals surface area contributed by atoms with E-state index in [-0.39, 0.29) is 8.83 Å². The van der Waals surface area contributed by atoms with Crippen LogP contribution in [0, 0.1) is 6.92 Å². The van der Waals surface area contributed by atoms with Crippen LogP contribution in [0.5, 0.6) is 0 Å². The van der Waals surface area contributed by atoms with Crippen LogP contribution in [0.4, 0.5) is 0 Å². The third-order valence-electron chi connectivity index (χ3n) is 2.26. The zero-order valence-corrected chi connectivity index (χ0v) is 9.85. The Bertz CT molecular complexity index is 247. The van der Waals surface area contributed by atoms with Crippen LogP contribution >= 0.6 is 11.1 Å². The summed E-state index contributed by atoms with van der Waals surface area (Å²) in [5, 5.41) is 0. The van der Waals surface area contributed by atoms with Crippen LogP contribution in [0.1, 0.15) is 24.0 Å². The average Bonchev–Trinajstić information content (AvgIpc) is 2.05. The van der Waals surface area contributed by atoms with E-state index in [1.54, 1.807) is 0 Å². The van der Waals surface area contributed by atoms with E-state index < -0.39 is 0 Å². The van der Waals surface area contributed by atoms with Crippen molar-refractivity contribution >= 4 is 19.9 Å². The molecule has 0 fully saturated rings. The highest BCUT2D eigenvalue weighted by atomic mass is 35.6. The highest BCUT2D eigenvalue weighted by molar-refractivity contribution is 6.93. The van der Waals surface area contributed by atoms with Crippen molar-refractivity contribution in [1.29, 1.82) is 0 Å². The topological polar surface area (TPSA) is 0 Å². The lowest BCUT2D eigenvalue weighted by molar-refractivity contribution is 0.853. The van der Waals surface area contributed by atoms with Crippen LogP contribution < -0.4 is 0 Å². The van der Waals surface area contributed by atoms with E-state index in [0.717, 1.165) is 0 Å². The van der Waals surface area contributed by atoms with Gasteiger partial charge in [0.2, 0.25) is 0 Å². The number of benzene rings is 1. The van der Waals surface area contributed by atoms with Crippen molar-refractivity contribution in [3.05, 3.63) is 35.4 Å². The van der Waals surface area contributed by atoms with Gasteiger partial charge >= 0.3 is 0 Å². The largest absolute Gasteiger partial charge is 0.176 e. The van der Waals surface area contributed by atoms with E-state index in [9.17, 15) is 0 Å². The quantitative estimate of drug-likeness (QED) is 0.518. The first-order valence-electron chi connectivity index (χ1n) is 4.37. The molecule has 2 heteroatoms. The van der Waals surface area contributed by atoms with Gasteiger partial charge in [0.25, 0.3) is 0 Å². The summed E-state index contributed by atoms with van der Waals surface area (Å²) in [7, 11) is -0.321. The maximum absolute atomic E-state index is 5.84. The molecule has 1 aromatic carbocycles. The number of rotatable bonds is 3. The fraction of sp³-hybridized carbons (Fsp3) is 0.400. The molecule has 1 aromatic rings. The summed E-state index contributed by atoms with van der Waals surface area (Å²) in [6.45, 7) is 4.43. The molecular weight excluding hydrogens is 184 g/mol. The van der Waals surface area contributed by atoms with Crippen molar-refractivity contribution in [1.82, 2.24) is 0 Å². The molecule has 0 N–H and O–H groups in total. The molecule has 66 valence electrons. The van der Waals surface area contributed by atoms with Crippen molar-refractivity contribution in [3.8, 4) is 0 Å². The third-order valence-corrected chi connectivity index (χ3v) is 4.00. The van der Waals surface area contributed by atoms with Crippen molar-refractivity contribution in [2.45, 2.75) is 25.8 Å². The van der Waals surface area contributed by atoms with Crippen LogP contribution in [0.25, 0.3) is 0 Å². The van der Waals surface area contributed by atoms with E-state index in [4.69, 9.17) is 11.1 Å². The summed E-state index contributed by atoms with van der Waals surface area (Å²) in [5.74, 6) is 0.648. The number of hydrogen-bond donors (Lipinski definition) is 0. The molecule has 12 heavy (non-hydrogen) atoms. The van der Waals surface area contributed by atoms with Crippen LogP contribution in [-0.2, 0) is 0 Å². The molecule has 0 aliphatic heterocycles. The first-order chi connectivity index (χ1) is 5.75. The molecule has 0 heterocycles. The molecule has 0 aliphatic rings. The van der Waals surface area contributed by atoms with E-state index in [2.05, 4.69) is 38.1 Å². The summed E-state index contributed by atoms with van der Waals surface area (Å²) in [5.41, 5.74) is 2.86. The Morgan fingerprint density at radius 2 is 2.08 bits per heavy atom. The van der Waals surface area contributed by atoms with E-state index in [1.165, 1.54) is 17.2 Å². The van der Waals surface area contributed by atoms with Gasteiger partial charge in [-0.2, -0.15) is 11.1 Å². The second-order valence-electron chi connectivity index (χ2n) is 3.24. The second-order valence-corrected chi connectivity index (χ2v) is 5.32. The minimum absolute atomic E-state index is 0.321. The zero-order valence-electron chi connectivity index (χ0n) is 7.68. The fourth-order valence-corrected chi connectivity index (χ4v) is 3.08. The Morgan fingerprint density at radius 1 is 1.42 bits per heavy atom. The molecule has 0 saturated heterocycles. The predicted octanol–water partition coefficient (Wildman–Crippen LogP) is 2.84. The lowest BCUT2D eigenvalue weighted by Gasteiger charge is -2.12. The third kappa shape index (κ3) is 2.36. The molecule has 1 atom stereocenters. The van der Waals surface area contributed by atoms with E-state index in [0.29, 0.717) is 5.92 Å². The van der Waals surface area contributed by atoms with E-state index in [1.807, 2.05) is 0 Å². The van der Waals surface area contributed by atoms with Crippen LogP contribution in [0.3, 0.4) is 0 Å². The Morgan fingerprint density at radius 3 is 2.67 bits per heavy atom. The summed E-state index contributed by atoms with van der Waals surface area (Å²) >= 11 is 5.84. The molecule has 0 spiro atoms. The van der Waals surface area contributed by atoms with Gasteiger partial charge in [0.1, 0.15) is 8.83 Å². The highest BCUT2D eigenvalue weighted by Gasteiger charge is 2.06. The van der Waals surface area contributed by atoms with Gasteiger partial charge in [-0.1, -0.05) is 31.2 Å². The van der Waals surface area contributed by atoms with Gasteiger partial charge in [-0.15, -0.1) is 0 Å². The lowest BCUT2D eigenvalue weighted by atomic mass is 9.98. The first-order valence-corrected chi connectivity index (χ1v) is 7.51. The average molecular weight is 199 g/mol.